The molecule has 1 amide bonds. The van der Waals surface area contributed by atoms with Gasteiger partial charge in [0.05, 0.1) is 42.3 Å². The number of fused-ring (bicyclic) bond motifs is 1. The Morgan fingerprint density at radius 1 is 1.29 bits per heavy atom. The third-order valence-corrected chi connectivity index (χ3v) is 4.06. The maximum absolute atomic E-state index is 12.6. The minimum Gasteiger partial charge on any atom is -0.467 e. The first-order valence-corrected chi connectivity index (χ1v) is 8.58. The van der Waals surface area contributed by atoms with Crippen LogP contribution in [0.15, 0.2) is 59.6 Å². The van der Waals surface area contributed by atoms with Crippen LogP contribution in [-0.4, -0.2) is 44.0 Å². The summed E-state index contributed by atoms with van der Waals surface area (Å²) in [7, 11) is 0. The first-order chi connectivity index (χ1) is 13.8. The van der Waals surface area contributed by atoms with Crippen molar-refractivity contribution in [2.45, 2.75) is 6.54 Å². The highest BCUT2D eigenvalue weighted by Crippen LogP contribution is 2.25. The molecule has 142 valence electrons. The second-order valence-electron chi connectivity index (χ2n) is 5.92. The van der Waals surface area contributed by atoms with Crippen LogP contribution in [0.4, 0.5) is 0 Å². The van der Waals surface area contributed by atoms with Crippen molar-refractivity contribution in [1.29, 1.82) is 0 Å². The maximum Gasteiger partial charge on any atom is 0.275 e. The zero-order chi connectivity index (χ0) is 19.3. The van der Waals surface area contributed by atoms with Crippen LogP contribution < -0.4 is 5.48 Å². The molecule has 0 aliphatic heterocycles. The predicted octanol–water partition coefficient (Wildman–Crippen LogP) is 1.79. The number of hydroxylamine groups is 1. The Hall–Kier alpha value is -3.56. The van der Waals surface area contributed by atoms with Gasteiger partial charge in [0, 0.05) is 18.0 Å². The second-order valence-corrected chi connectivity index (χ2v) is 5.92. The summed E-state index contributed by atoms with van der Waals surface area (Å²) in [4.78, 5) is 26.4. The van der Waals surface area contributed by atoms with Crippen LogP contribution in [-0.2, 0) is 11.4 Å². The van der Waals surface area contributed by atoms with E-state index in [2.05, 4.69) is 20.5 Å². The molecule has 0 aliphatic rings. The molecule has 0 bridgehead atoms. The highest BCUT2D eigenvalue weighted by Gasteiger charge is 2.18. The van der Waals surface area contributed by atoms with E-state index >= 15 is 0 Å². The van der Waals surface area contributed by atoms with Gasteiger partial charge in [-0.25, -0.2) is 15.1 Å². The van der Waals surface area contributed by atoms with Crippen molar-refractivity contribution in [2.75, 3.05) is 13.2 Å². The zero-order valence-corrected chi connectivity index (χ0v) is 14.8. The predicted molar refractivity (Wildman–Crippen MR) is 99.1 cm³/mol. The Labute approximate surface area is 159 Å². The average molecular weight is 379 g/mol. The Kier molecular flexibility index (Phi) is 5.09. The summed E-state index contributed by atoms with van der Waals surface area (Å²) in [5, 5.41) is 13.8. The number of pyridine rings is 2. The van der Waals surface area contributed by atoms with E-state index in [1.807, 2.05) is 12.1 Å². The van der Waals surface area contributed by atoms with Crippen molar-refractivity contribution in [3.05, 3.63) is 66.5 Å². The Morgan fingerprint density at radius 2 is 2.21 bits per heavy atom. The van der Waals surface area contributed by atoms with Crippen LogP contribution in [0.3, 0.4) is 0 Å². The number of hydrogen-bond acceptors (Lipinski definition) is 7. The lowest BCUT2D eigenvalue weighted by Crippen LogP contribution is -2.25. The van der Waals surface area contributed by atoms with Crippen LogP contribution in [0.1, 0.15) is 16.1 Å². The van der Waals surface area contributed by atoms with E-state index in [0.717, 1.165) is 11.3 Å². The molecule has 9 nitrogen and oxygen atoms in total. The van der Waals surface area contributed by atoms with E-state index in [-0.39, 0.29) is 13.2 Å². The zero-order valence-electron chi connectivity index (χ0n) is 14.8. The quantitative estimate of drug-likeness (QED) is 0.371. The van der Waals surface area contributed by atoms with Crippen LogP contribution in [0.2, 0.25) is 0 Å². The number of carbonyl (C=O) groups is 1. The van der Waals surface area contributed by atoms with Crippen LogP contribution in [0, 0.1) is 0 Å². The molecule has 0 atom stereocenters. The van der Waals surface area contributed by atoms with Gasteiger partial charge in [-0.1, -0.05) is 0 Å². The van der Waals surface area contributed by atoms with Crippen LogP contribution in [0.25, 0.3) is 22.3 Å². The molecule has 0 radical (unpaired) electrons. The summed E-state index contributed by atoms with van der Waals surface area (Å²) in [6.07, 6.45) is 6.51. The molecule has 0 saturated carbocycles. The number of carbonyl (C=O) groups excluding carboxylic acids is 1. The van der Waals surface area contributed by atoms with Crippen LogP contribution >= 0.6 is 0 Å². The van der Waals surface area contributed by atoms with Crippen molar-refractivity contribution < 1.29 is 19.2 Å². The van der Waals surface area contributed by atoms with Gasteiger partial charge in [0.1, 0.15) is 12.3 Å². The van der Waals surface area contributed by atoms with Gasteiger partial charge in [0.2, 0.25) is 0 Å². The van der Waals surface area contributed by atoms with Gasteiger partial charge >= 0.3 is 0 Å². The minimum atomic E-state index is -0.455. The number of rotatable bonds is 7. The largest absolute Gasteiger partial charge is 0.467 e. The lowest BCUT2D eigenvalue weighted by Gasteiger charge is -2.09. The first-order valence-electron chi connectivity index (χ1n) is 8.58. The monoisotopic (exact) mass is 379 g/mol. The normalized spacial score (nSPS) is 11.0. The summed E-state index contributed by atoms with van der Waals surface area (Å²) in [5.41, 5.74) is 4.56. The molecule has 0 aromatic carbocycles. The standard InChI is InChI=1S/C19H17N5O4/c25-6-8-28-23-19(26)15-9-17(13-3-1-5-20-10-13)22-18-16(15)11-21-24(18)12-14-4-2-7-27-14/h1-5,7,9-11,25H,6,8,12H2,(H,23,26). The molecule has 4 heterocycles. The van der Waals surface area contributed by atoms with E-state index in [0.29, 0.717) is 28.8 Å². The van der Waals surface area contributed by atoms with Crippen molar-refractivity contribution in [3.8, 4) is 11.3 Å². The summed E-state index contributed by atoms with van der Waals surface area (Å²) < 4.78 is 7.06. The molecule has 0 fully saturated rings. The lowest BCUT2D eigenvalue weighted by molar-refractivity contribution is 0.0169. The Bertz CT molecular complexity index is 1080. The molecule has 9 heteroatoms. The summed E-state index contributed by atoms with van der Waals surface area (Å²) in [6.45, 7) is 0.170. The highest BCUT2D eigenvalue weighted by atomic mass is 16.7. The van der Waals surface area contributed by atoms with Gasteiger partial charge in [-0.2, -0.15) is 5.10 Å². The average Bonchev–Trinajstić information content (AvgIpc) is 3.39. The lowest BCUT2D eigenvalue weighted by atomic mass is 10.1. The van der Waals surface area contributed by atoms with E-state index < -0.39 is 5.91 Å². The minimum absolute atomic E-state index is 0.00676. The smallest absolute Gasteiger partial charge is 0.275 e. The van der Waals surface area contributed by atoms with Crippen molar-refractivity contribution in [2.24, 2.45) is 0 Å². The molecular weight excluding hydrogens is 362 g/mol. The summed E-state index contributed by atoms with van der Waals surface area (Å²) in [5.74, 6) is 0.263. The number of aliphatic hydroxyl groups excluding tert-OH is 1. The molecule has 28 heavy (non-hydrogen) atoms. The number of furan rings is 1. The third-order valence-electron chi connectivity index (χ3n) is 4.06. The number of aromatic nitrogens is 4. The molecule has 4 rings (SSSR count). The first kappa shape index (κ1) is 17.8. The van der Waals surface area contributed by atoms with Gasteiger partial charge in [0.25, 0.3) is 5.91 Å². The molecule has 0 aliphatic carbocycles. The van der Waals surface area contributed by atoms with Crippen molar-refractivity contribution >= 4 is 16.9 Å². The van der Waals surface area contributed by atoms with Gasteiger partial charge in [0.15, 0.2) is 5.65 Å². The number of amides is 1. The van der Waals surface area contributed by atoms with Gasteiger partial charge in [-0.3, -0.25) is 14.6 Å². The number of nitrogens with one attached hydrogen (secondary N) is 1. The fraction of sp³-hybridized carbons (Fsp3) is 0.158. The fourth-order valence-electron chi connectivity index (χ4n) is 2.78. The molecule has 0 unspecified atom stereocenters. The van der Waals surface area contributed by atoms with Crippen molar-refractivity contribution in [1.82, 2.24) is 25.2 Å². The molecular formula is C19H17N5O4. The molecule has 2 N–H and O–H groups in total. The fourth-order valence-corrected chi connectivity index (χ4v) is 2.78. The number of nitrogens with zero attached hydrogens (tertiary/aromatic N) is 4. The molecule has 0 saturated heterocycles. The number of hydrogen-bond donors (Lipinski definition) is 2. The van der Waals surface area contributed by atoms with E-state index in [1.54, 1.807) is 47.7 Å². The van der Waals surface area contributed by atoms with Gasteiger partial charge < -0.3 is 9.52 Å². The summed E-state index contributed by atoms with van der Waals surface area (Å²) >= 11 is 0. The highest BCUT2D eigenvalue weighted by molar-refractivity contribution is 6.06. The molecule has 4 aromatic rings. The van der Waals surface area contributed by atoms with Gasteiger partial charge in [-0.15, -0.1) is 0 Å². The van der Waals surface area contributed by atoms with Crippen molar-refractivity contribution in [3.63, 3.8) is 0 Å². The second kappa shape index (κ2) is 7.99. The van der Waals surface area contributed by atoms with Gasteiger partial charge in [-0.05, 0) is 30.3 Å². The topological polar surface area (TPSA) is 115 Å². The molecule has 0 spiro atoms. The maximum atomic E-state index is 12.6. The number of aliphatic hydroxyl groups is 1. The Morgan fingerprint density at radius 3 is 2.96 bits per heavy atom. The SMILES string of the molecule is O=C(NOCCO)c1cc(-c2cccnc2)nc2c1cnn2Cc1ccco1. The van der Waals surface area contributed by atoms with E-state index in [4.69, 9.17) is 14.4 Å². The van der Waals surface area contributed by atoms with E-state index in [9.17, 15) is 4.79 Å². The summed E-state index contributed by atoms with van der Waals surface area (Å²) in [6, 6.07) is 8.96. The third kappa shape index (κ3) is 3.61. The Balaban J connectivity index is 1.79. The van der Waals surface area contributed by atoms with Crippen LogP contribution in [0.5, 0.6) is 0 Å². The van der Waals surface area contributed by atoms with E-state index in [1.165, 1.54) is 0 Å². The molecule has 4 aromatic heterocycles.